The monoisotopic (exact) mass is 277 g/mol. The average molecular weight is 277 g/mol. The number of hydrogen-bond donors (Lipinski definition) is 1. The van der Waals surface area contributed by atoms with Crippen LogP contribution in [0.4, 0.5) is 0 Å². The summed E-state index contributed by atoms with van der Waals surface area (Å²) >= 11 is 0. The lowest BCUT2D eigenvalue weighted by Crippen LogP contribution is -2.18. The molecule has 0 saturated carbocycles. The molecule has 2 aromatic heterocycles. The van der Waals surface area contributed by atoms with Gasteiger partial charge >= 0.3 is 0 Å². The molecule has 2 rings (SSSR count). The maximum atomic E-state index is 5.70. The summed E-state index contributed by atoms with van der Waals surface area (Å²) in [6.07, 6.45) is 1.65. The van der Waals surface area contributed by atoms with Gasteiger partial charge in [0.1, 0.15) is 30.5 Å². The fourth-order valence-corrected chi connectivity index (χ4v) is 1.98. The summed E-state index contributed by atoms with van der Waals surface area (Å²) in [5, 5.41) is 3.42. The molecule has 20 heavy (non-hydrogen) atoms. The number of ether oxygens (including phenoxy) is 1. The summed E-state index contributed by atoms with van der Waals surface area (Å²) in [7, 11) is 0. The summed E-state index contributed by atoms with van der Waals surface area (Å²) < 4.78 is 16.5. The van der Waals surface area contributed by atoms with Gasteiger partial charge in [-0.25, -0.2) is 0 Å². The molecule has 4 nitrogen and oxygen atoms in total. The highest BCUT2D eigenvalue weighted by Gasteiger charge is 2.08. The SMILES string of the molecule is Cc1oc(COCc2ccco2)cc1CNCC(C)C. The van der Waals surface area contributed by atoms with E-state index in [-0.39, 0.29) is 0 Å². The number of furan rings is 2. The Balaban J connectivity index is 1.77. The summed E-state index contributed by atoms with van der Waals surface area (Å²) in [5.74, 6) is 3.29. The zero-order valence-corrected chi connectivity index (χ0v) is 12.4. The highest BCUT2D eigenvalue weighted by molar-refractivity contribution is 5.20. The minimum atomic E-state index is 0.464. The van der Waals surface area contributed by atoms with Crippen LogP contribution in [0.5, 0.6) is 0 Å². The summed E-state index contributed by atoms with van der Waals surface area (Å²) in [6.45, 7) is 9.16. The minimum Gasteiger partial charge on any atom is -0.467 e. The van der Waals surface area contributed by atoms with E-state index < -0.39 is 0 Å². The second-order valence-corrected chi connectivity index (χ2v) is 5.39. The molecule has 0 amide bonds. The lowest BCUT2D eigenvalue weighted by Gasteiger charge is -2.05. The predicted octanol–water partition coefficient (Wildman–Crippen LogP) is 3.64. The molecule has 0 radical (unpaired) electrons. The van der Waals surface area contributed by atoms with Gasteiger partial charge in [-0.2, -0.15) is 0 Å². The molecule has 4 heteroatoms. The van der Waals surface area contributed by atoms with E-state index in [0.29, 0.717) is 19.1 Å². The van der Waals surface area contributed by atoms with Crippen LogP contribution >= 0.6 is 0 Å². The van der Waals surface area contributed by atoms with Gasteiger partial charge < -0.3 is 18.9 Å². The van der Waals surface area contributed by atoms with Crippen LogP contribution in [-0.4, -0.2) is 6.54 Å². The van der Waals surface area contributed by atoms with Crippen LogP contribution < -0.4 is 5.32 Å². The second-order valence-electron chi connectivity index (χ2n) is 5.39. The first-order valence-electron chi connectivity index (χ1n) is 7.04. The van der Waals surface area contributed by atoms with Crippen molar-refractivity contribution >= 4 is 0 Å². The highest BCUT2D eigenvalue weighted by Crippen LogP contribution is 2.16. The molecule has 0 aromatic carbocycles. The molecule has 0 aliphatic carbocycles. The Kier molecular flexibility index (Phi) is 5.44. The van der Waals surface area contributed by atoms with Crippen molar-refractivity contribution in [3.63, 3.8) is 0 Å². The Hall–Kier alpha value is -1.52. The van der Waals surface area contributed by atoms with E-state index in [2.05, 4.69) is 25.2 Å². The first-order chi connectivity index (χ1) is 9.65. The maximum absolute atomic E-state index is 5.70. The van der Waals surface area contributed by atoms with Gasteiger partial charge in [-0.3, -0.25) is 0 Å². The van der Waals surface area contributed by atoms with Crippen LogP contribution in [0.25, 0.3) is 0 Å². The van der Waals surface area contributed by atoms with Gasteiger partial charge in [0, 0.05) is 12.1 Å². The molecule has 0 saturated heterocycles. The Labute approximate surface area is 120 Å². The van der Waals surface area contributed by atoms with Gasteiger partial charge in [0.15, 0.2) is 0 Å². The third-order valence-electron chi connectivity index (χ3n) is 3.01. The van der Waals surface area contributed by atoms with Crippen LogP contribution in [0.15, 0.2) is 33.3 Å². The largest absolute Gasteiger partial charge is 0.467 e. The molecule has 0 spiro atoms. The van der Waals surface area contributed by atoms with Gasteiger partial charge in [0.05, 0.1) is 6.26 Å². The average Bonchev–Trinajstić information content (AvgIpc) is 3.00. The minimum absolute atomic E-state index is 0.464. The molecule has 110 valence electrons. The van der Waals surface area contributed by atoms with Gasteiger partial charge in [-0.1, -0.05) is 13.8 Å². The predicted molar refractivity (Wildman–Crippen MR) is 77.2 cm³/mol. The fraction of sp³-hybridized carbons (Fsp3) is 0.500. The molecule has 2 heterocycles. The Morgan fingerprint density at radius 1 is 1.25 bits per heavy atom. The summed E-state index contributed by atoms with van der Waals surface area (Å²) in [6, 6.07) is 5.81. The van der Waals surface area contributed by atoms with Crippen molar-refractivity contribution < 1.29 is 13.6 Å². The molecule has 0 aliphatic rings. The zero-order valence-electron chi connectivity index (χ0n) is 12.4. The van der Waals surface area contributed by atoms with Crippen molar-refractivity contribution in [1.82, 2.24) is 5.32 Å². The highest BCUT2D eigenvalue weighted by atomic mass is 16.5. The Morgan fingerprint density at radius 3 is 2.75 bits per heavy atom. The number of nitrogens with one attached hydrogen (secondary N) is 1. The van der Waals surface area contributed by atoms with Crippen molar-refractivity contribution in [3.8, 4) is 0 Å². The van der Waals surface area contributed by atoms with Gasteiger partial charge in [0.2, 0.25) is 0 Å². The van der Waals surface area contributed by atoms with Crippen molar-refractivity contribution in [1.29, 1.82) is 0 Å². The maximum Gasteiger partial charge on any atom is 0.130 e. The Bertz CT molecular complexity index is 500. The van der Waals surface area contributed by atoms with Crippen LogP contribution in [0.3, 0.4) is 0 Å². The van der Waals surface area contributed by atoms with Crippen LogP contribution in [0.1, 0.15) is 36.7 Å². The first-order valence-corrected chi connectivity index (χ1v) is 7.04. The molecular formula is C16H23NO3. The molecular weight excluding hydrogens is 254 g/mol. The molecule has 0 fully saturated rings. The van der Waals surface area contributed by atoms with Crippen molar-refractivity contribution in [3.05, 3.63) is 47.3 Å². The normalized spacial score (nSPS) is 11.4. The van der Waals surface area contributed by atoms with Crippen LogP contribution in [0.2, 0.25) is 0 Å². The van der Waals surface area contributed by atoms with Gasteiger partial charge in [0.25, 0.3) is 0 Å². The third-order valence-corrected chi connectivity index (χ3v) is 3.01. The van der Waals surface area contributed by atoms with Crippen molar-refractivity contribution in [2.45, 2.75) is 40.5 Å². The van der Waals surface area contributed by atoms with Crippen molar-refractivity contribution in [2.24, 2.45) is 5.92 Å². The van der Waals surface area contributed by atoms with Crippen LogP contribution in [0, 0.1) is 12.8 Å². The lowest BCUT2D eigenvalue weighted by molar-refractivity contribution is 0.0798. The van der Waals surface area contributed by atoms with E-state index >= 15 is 0 Å². The van der Waals surface area contributed by atoms with Gasteiger partial charge in [-0.15, -0.1) is 0 Å². The second kappa shape index (κ2) is 7.31. The molecule has 2 aromatic rings. The van der Waals surface area contributed by atoms with E-state index in [4.69, 9.17) is 13.6 Å². The number of aryl methyl sites for hydroxylation is 1. The number of hydrogen-bond acceptors (Lipinski definition) is 4. The van der Waals surface area contributed by atoms with Gasteiger partial charge in [-0.05, 0) is 37.6 Å². The van der Waals surface area contributed by atoms with E-state index in [1.54, 1.807) is 6.26 Å². The van der Waals surface area contributed by atoms with E-state index in [1.807, 2.05) is 19.1 Å². The third kappa shape index (κ3) is 4.54. The standard InChI is InChI=1S/C16H23NO3/c1-12(2)8-17-9-14-7-16(20-13(14)3)11-18-10-15-5-4-6-19-15/h4-7,12,17H,8-11H2,1-3H3. The van der Waals surface area contributed by atoms with E-state index in [1.165, 1.54) is 5.56 Å². The first kappa shape index (κ1) is 14.9. The topological polar surface area (TPSA) is 47.5 Å². The summed E-state index contributed by atoms with van der Waals surface area (Å²) in [4.78, 5) is 0. The van der Waals surface area contributed by atoms with E-state index in [9.17, 15) is 0 Å². The molecule has 0 aliphatic heterocycles. The molecule has 0 unspecified atom stereocenters. The molecule has 1 N–H and O–H groups in total. The van der Waals surface area contributed by atoms with Crippen molar-refractivity contribution in [2.75, 3.05) is 6.54 Å². The van der Waals surface area contributed by atoms with E-state index in [0.717, 1.165) is 30.4 Å². The number of rotatable bonds is 8. The smallest absolute Gasteiger partial charge is 0.130 e. The quantitative estimate of drug-likeness (QED) is 0.800. The van der Waals surface area contributed by atoms with Crippen LogP contribution in [-0.2, 0) is 24.5 Å². The molecule has 0 atom stereocenters. The summed E-state index contributed by atoms with van der Waals surface area (Å²) in [5.41, 5.74) is 1.20. The fourth-order valence-electron chi connectivity index (χ4n) is 1.98. The molecule has 0 bridgehead atoms. The lowest BCUT2D eigenvalue weighted by atomic mass is 10.2. The Morgan fingerprint density at radius 2 is 2.05 bits per heavy atom. The zero-order chi connectivity index (χ0) is 14.4.